The van der Waals surface area contributed by atoms with Gasteiger partial charge < -0.3 is 109 Å². The summed E-state index contributed by atoms with van der Waals surface area (Å²) >= 11 is 0. The van der Waals surface area contributed by atoms with Crippen LogP contribution in [0, 0.1) is 6.92 Å². The third-order valence-electron chi connectivity index (χ3n) is 11.6. The molecule has 2 aromatic carbocycles. The number of aliphatic hydroxyl groups excluding tert-OH is 13. The lowest BCUT2D eigenvalue weighted by Gasteiger charge is -2.46. The first-order valence-electron chi connectivity index (χ1n) is 19.8. The van der Waals surface area contributed by atoms with E-state index in [1.165, 1.54) is 30.3 Å². The molecule has 0 unspecified atom stereocenters. The standard InChI is InChI=1S/C39H50O24/c1-11-5-13-21(27(48)20-12(22(13)43)3-2-4-14(20)42)15(6-11)58-38-32(53)29(50)24(45)18(61-38)10-57-37-34(55)35(26(47)17(8-41)60-37)63-39-33(54)30(51)25(46)19(62-39)9-56-36-31(52)28(49)23(44)16(7-40)59-36/h2-6,16-19,23-26,28-42,44-47,49-55H,7-10H2,1H3/t16-,17-,18-,19-,23-,24-,25-,26-,28-,29-,30-,31-,32-,33-,34-,35-,36-,37-,38-,39+/m1/s1. The molecule has 2 aromatic rings. The molecule has 4 heterocycles. The van der Waals surface area contributed by atoms with Gasteiger partial charge in [-0.25, -0.2) is 0 Å². The lowest BCUT2D eigenvalue weighted by atomic mass is 9.82. The SMILES string of the molecule is Cc1cc(O[C@@H]2O[C@H](CO[C@@H]3O[C@H](CO)[C@@H](O)[C@@H](O[C@@H]4O[C@H](CO[C@@H]5O[C@H](CO)[C@@H](O)[C@@H](O)[C@H]5O)[C@@H](O)[C@@H](O)[C@H]4O)[C@H]3O)[C@@H](O)[C@@H](O)[C@H]2O)c2c(c1)C(=O)c1cccc(O)c1C2=O. The van der Waals surface area contributed by atoms with Crippen LogP contribution in [0.1, 0.15) is 37.4 Å². The molecular weight excluding hydrogens is 852 g/mol. The van der Waals surface area contributed by atoms with Gasteiger partial charge in [0.1, 0.15) is 109 Å². The van der Waals surface area contributed by atoms with Crippen LogP contribution in [0.4, 0.5) is 0 Å². The molecule has 24 nitrogen and oxygen atoms in total. The van der Waals surface area contributed by atoms with E-state index in [9.17, 15) is 81.1 Å². The summed E-state index contributed by atoms with van der Waals surface area (Å²) in [6.45, 7) is -1.60. The Bertz CT molecular complexity index is 1950. The number of hydrogen-bond donors (Lipinski definition) is 14. The van der Waals surface area contributed by atoms with Crippen LogP contribution in [0.5, 0.6) is 11.5 Å². The normalized spacial score (nSPS) is 41.8. The highest BCUT2D eigenvalue weighted by Gasteiger charge is 2.53. The van der Waals surface area contributed by atoms with Crippen molar-refractivity contribution in [3.05, 3.63) is 58.1 Å². The Morgan fingerprint density at radius 2 is 1.02 bits per heavy atom. The van der Waals surface area contributed by atoms with Crippen LogP contribution in [-0.4, -0.2) is 232 Å². The number of fused-ring (bicyclic) bond motifs is 2. The van der Waals surface area contributed by atoms with E-state index in [1.54, 1.807) is 6.92 Å². The molecule has 0 saturated carbocycles. The number of ketones is 2. The van der Waals surface area contributed by atoms with Crippen molar-refractivity contribution in [3.63, 3.8) is 0 Å². The van der Waals surface area contributed by atoms with Crippen LogP contribution >= 0.6 is 0 Å². The van der Waals surface area contributed by atoms with Crippen molar-refractivity contribution in [1.82, 2.24) is 0 Å². The molecule has 0 spiro atoms. The van der Waals surface area contributed by atoms with Gasteiger partial charge in [0.15, 0.2) is 24.7 Å². The predicted molar refractivity (Wildman–Crippen MR) is 198 cm³/mol. The Morgan fingerprint density at radius 3 is 1.60 bits per heavy atom. The summed E-state index contributed by atoms with van der Waals surface area (Å²) in [5, 5.41) is 147. The van der Waals surface area contributed by atoms with Gasteiger partial charge in [0, 0.05) is 11.1 Å². The van der Waals surface area contributed by atoms with Crippen molar-refractivity contribution in [3.8, 4) is 11.5 Å². The van der Waals surface area contributed by atoms with Gasteiger partial charge in [0.2, 0.25) is 12.1 Å². The topological polar surface area (TPSA) is 391 Å². The Balaban J connectivity index is 1.03. The van der Waals surface area contributed by atoms with Gasteiger partial charge in [-0.1, -0.05) is 12.1 Å². The van der Waals surface area contributed by atoms with Crippen molar-refractivity contribution in [1.29, 1.82) is 0 Å². The van der Waals surface area contributed by atoms with Gasteiger partial charge in [-0.05, 0) is 30.7 Å². The molecule has 14 N–H and O–H groups in total. The van der Waals surface area contributed by atoms with E-state index in [0.717, 1.165) is 0 Å². The number of ether oxygens (including phenoxy) is 8. The summed E-state index contributed by atoms with van der Waals surface area (Å²) in [5.41, 5.74) is -0.243. The van der Waals surface area contributed by atoms with Crippen LogP contribution in [0.15, 0.2) is 30.3 Å². The number of benzene rings is 2. The van der Waals surface area contributed by atoms with Crippen molar-refractivity contribution in [2.75, 3.05) is 26.4 Å². The molecule has 0 bridgehead atoms. The second-order valence-corrected chi connectivity index (χ2v) is 15.9. The third kappa shape index (κ3) is 8.97. The first-order chi connectivity index (χ1) is 29.9. The molecule has 63 heavy (non-hydrogen) atoms. The minimum atomic E-state index is -2.05. The smallest absolute Gasteiger partial charge is 0.229 e. The zero-order valence-electron chi connectivity index (χ0n) is 33.1. The molecule has 1 aliphatic carbocycles. The number of hydrogen-bond acceptors (Lipinski definition) is 24. The highest BCUT2D eigenvalue weighted by Crippen LogP contribution is 2.39. The molecule has 0 amide bonds. The van der Waals surface area contributed by atoms with E-state index in [0.29, 0.717) is 5.56 Å². The maximum atomic E-state index is 13.7. The van der Waals surface area contributed by atoms with E-state index in [2.05, 4.69) is 0 Å². The summed E-state index contributed by atoms with van der Waals surface area (Å²) in [5.74, 6) is -2.13. The molecule has 4 aliphatic heterocycles. The Kier molecular flexibility index (Phi) is 14.5. The zero-order valence-corrected chi connectivity index (χ0v) is 33.1. The number of aryl methyl sites for hydroxylation is 1. The highest BCUT2D eigenvalue weighted by molar-refractivity contribution is 6.30. The Morgan fingerprint density at radius 1 is 0.524 bits per heavy atom. The summed E-state index contributed by atoms with van der Waals surface area (Å²) in [6.07, 6.45) is -36.4. The molecule has 24 heteroatoms. The summed E-state index contributed by atoms with van der Waals surface area (Å²) < 4.78 is 44.8. The first kappa shape index (κ1) is 47.5. The maximum absolute atomic E-state index is 13.7. The molecular formula is C39H50O24. The van der Waals surface area contributed by atoms with E-state index < -0.39 is 167 Å². The monoisotopic (exact) mass is 902 g/mol. The average molecular weight is 903 g/mol. The highest BCUT2D eigenvalue weighted by atomic mass is 16.8. The van der Waals surface area contributed by atoms with Crippen LogP contribution in [0.25, 0.3) is 0 Å². The minimum Gasteiger partial charge on any atom is -0.507 e. The lowest BCUT2D eigenvalue weighted by molar-refractivity contribution is -0.369. The molecule has 5 aliphatic rings. The van der Waals surface area contributed by atoms with Crippen molar-refractivity contribution < 1.29 is 119 Å². The van der Waals surface area contributed by atoms with Crippen LogP contribution in [-0.2, 0) is 33.2 Å². The molecule has 0 aromatic heterocycles. The molecule has 4 fully saturated rings. The number of carbonyl (C=O) groups excluding carboxylic acids is 2. The number of aliphatic hydroxyl groups is 13. The van der Waals surface area contributed by atoms with E-state index in [4.69, 9.17) is 37.9 Å². The quantitative estimate of drug-likeness (QED) is 0.0803. The number of rotatable bonds is 12. The fraction of sp³-hybridized carbons (Fsp3) is 0.641. The first-order valence-corrected chi connectivity index (χ1v) is 19.8. The number of aromatic hydroxyl groups is 1. The van der Waals surface area contributed by atoms with Gasteiger partial charge >= 0.3 is 0 Å². The second kappa shape index (κ2) is 19.2. The average Bonchev–Trinajstić information content (AvgIpc) is 3.26. The van der Waals surface area contributed by atoms with Crippen molar-refractivity contribution in [2.45, 2.75) is 130 Å². The summed E-state index contributed by atoms with van der Waals surface area (Å²) in [7, 11) is 0. The molecule has 0 radical (unpaired) electrons. The zero-order chi connectivity index (χ0) is 45.8. The van der Waals surface area contributed by atoms with Gasteiger partial charge in [-0.3, -0.25) is 9.59 Å². The third-order valence-corrected chi connectivity index (χ3v) is 11.6. The van der Waals surface area contributed by atoms with Crippen molar-refractivity contribution in [2.24, 2.45) is 0 Å². The molecule has 7 rings (SSSR count). The number of carbonyl (C=O) groups is 2. The van der Waals surface area contributed by atoms with E-state index >= 15 is 0 Å². The number of phenolic OH excluding ortho intramolecular Hbond substituents is 1. The van der Waals surface area contributed by atoms with Crippen LogP contribution in [0.3, 0.4) is 0 Å². The van der Waals surface area contributed by atoms with E-state index in [1.807, 2.05) is 0 Å². The van der Waals surface area contributed by atoms with Gasteiger partial charge in [0.05, 0.1) is 37.6 Å². The molecule has 20 atom stereocenters. The predicted octanol–water partition coefficient (Wildman–Crippen LogP) is -6.87. The van der Waals surface area contributed by atoms with Crippen LogP contribution < -0.4 is 4.74 Å². The Hall–Kier alpha value is -3.42. The summed E-state index contributed by atoms with van der Waals surface area (Å²) in [4.78, 5) is 27.1. The molecule has 4 saturated heterocycles. The van der Waals surface area contributed by atoms with Crippen LogP contribution in [0.2, 0.25) is 0 Å². The van der Waals surface area contributed by atoms with Crippen molar-refractivity contribution >= 4 is 11.6 Å². The fourth-order valence-corrected chi connectivity index (χ4v) is 8.03. The largest absolute Gasteiger partial charge is 0.507 e. The minimum absolute atomic E-state index is 0.0489. The summed E-state index contributed by atoms with van der Waals surface area (Å²) in [6, 6.07) is 6.77. The van der Waals surface area contributed by atoms with Gasteiger partial charge in [-0.15, -0.1) is 0 Å². The molecule has 350 valence electrons. The number of phenols is 1. The van der Waals surface area contributed by atoms with Gasteiger partial charge in [-0.2, -0.15) is 0 Å². The lowest BCUT2D eigenvalue weighted by Crippen LogP contribution is -2.65. The van der Waals surface area contributed by atoms with Gasteiger partial charge in [0.25, 0.3) is 0 Å². The Labute approximate surface area is 356 Å². The van der Waals surface area contributed by atoms with E-state index in [-0.39, 0.29) is 28.0 Å². The fourth-order valence-electron chi connectivity index (χ4n) is 8.03. The second-order valence-electron chi connectivity index (χ2n) is 15.9. The maximum Gasteiger partial charge on any atom is 0.229 e.